The Labute approximate surface area is 122 Å². The van der Waals surface area contributed by atoms with Gasteiger partial charge >= 0.3 is 0 Å². The quantitative estimate of drug-likeness (QED) is 0.792. The molecule has 0 spiro atoms. The molecule has 1 heterocycles. The molecule has 0 unspecified atom stereocenters. The van der Waals surface area contributed by atoms with Crippen LogP contribution in [0.4, 0.5) is 0 Å². The van der Waals surface area contributed by atoms with Crippen molar-refractivity contribution in [1.82, 2.24) is 0 Å². The molecule has 1 aromatic carbocycles. The van der Waals surface area contributed by atoms with E-state index in [1.54, 1.807) is 21.3 Å². The molecule has 106 valence electrons. The van der Waals surface area contributed by atoms with Crippen molar-refractivity contribution in [3.8, 4) is 11.5 Å². The first-order chi connectivity index (χ1) is 8.93. The van der Waals surface area contributed by atoms with Crippen molar-refractivity contribution >= 4 is 15.9 Å². The zero-order valence-corrected chi connectivity index (χ0v) is 13.5. The molecule has 2 rings (SSSR count). The molecule has 19 heavy (non-hydrogen) atoms. The Morgan fingerprint density at radius 2 is 1.89 bits per heavy atom. The topological polar surface area (TPSA) is 36.9 Å². The molecule has 4 nitrogen and oxygen atoms in total. The van der Waals surface area contributed by atoms with E-state index in [-0.39, 0.29) is 5.60 Å². The van der Waals surface area contributed by atoms with E-state index in [2.05, 4.69) is 29.8 Å². The number of halogens is 1. The van der Waals surface area contributed by atoms with E-state index < -0.39 is 6.29 Å². The Hall–Kier alpha value is -0.780. The molecule has 1 aliphatic heterocycles. The predicted octanol–water partition coefficient (Wildman–Crippen LogP) is 3.46. The van der Waals surface area contributed by atoms with Gasteiger partial charge in [0.05, 0.1) is 7.11 Å². The van der Waals surface area contributed by atoms with Crippen molar-refractivity contribution < 1.29 is 18.9 Å². The third-order valence-electron chi connectivity index (χ3n) is 3.19. The van der Waals surface area contributed by atoms with E-state index in [1.165, 1.54) is 0 Å². The van der Waals surface area contributed by atoms with E-state index >= 15 is 0 Å². The molecule has 0 fully saturated rings. The third kappa shape index (κ3) is 2.59. The van der Waals surface area contributed by atoms with Gasteiger partial charge in [-0.2, -0.15) is 0 Å². The third-order valence-corrected chi connectivity index (χ3v) is 4.12. The van der Waals surface area contributed by atoms with Crippen LogP contribution in [0, 0.1) is 0 Å². The molecule has 0 radical (unpaired) electrons. The largest absolute Gasteiger partial charge is 0.493 e. The lowest BCUT2D eigenvalue weighted by atomic mass is 9.99. The Morgan fingerprint density at radius 1 is 1.26 bits per heavy atom. The first-order valence-electron chi connectivity index (χ1n) is 6.07. The highest BCUT2D eigenvalue weighted by atomic mass is 79.9. The molecule has 1 aliphatic rings. The average molecular weight is 331 g/mol. The molecule has 0 saturated carbocycles. The molecule has 5 heteroatoms. The van der Waals surface area contributed by atoms with Crippen LogP contribution in [0.2, 0.25) is 0 Å². The normalized spacial score (nSPS) is 16.4. The molecule has 0 saturated heterocycles. The Bertz CT molecular complexity index is 481. The minimum absolute atomic E-state index is 0.230. The predicted molar refractivity (Wildman–Crippen MR) is 75.9 cm³/mol. The van der Waals surface area contributed by atoms with Crippen LogP contribution in [0.1, 0.15) is 31.3 Å². The lowest BCUT2D eigenvalue weighted by Crippen LogP contribution is -2.24. The highest BCUT2D eigenvalue weighted by Gasteiger charge is 2.36. The lowest BCUT2D eigenvalue weighted by Gasteiger charge is -2.19. The van der Waals surface area contributed by atoms with Gasteiger partial charge in [0.2, 0.25) is 0 Å². The van der Waals surface area contributed by atoms with Gasteiger partial charge in [-0.15, -0.1) is 0 Å². The molecule has 0 aromatic heterocycles. The van der Waals surface area contributed by atoms with Gasteiger partial charge in [0, 0.05) is 36.2 Å². The first kappa shape index (κ1) is 14.6. The summed E-state index contributed by atoms with van der Waals surface area (Å²) in [6.07, 6.45) is 0.380. The van der Waals surface area contributed by atoms with Crippen LogP contribution in [0.5, 0.6) is 11.5 Å². The number of rotatable bonds is 4. The number of methoxy groups -OCH3 is 3. The van der Waals surface area contributed by atoms with Gasteiger partial charge < -0.3 is 18.9 Å². The summed E-state index contributed by atoms with van der Waals surface area (Å²) in [6.45, 7) is 4.12. The average Bonchev–Trinajstić information content (AvgIpc) is 2.69. The van der Waals surface area contributed by atoms with Crippen LogP contribution in [0.15, 0.2) is 10.5 Å². The summed E-state index contributed by atoms with van der Waals surface area (Å²) in [4.78, 5) is 0. The fourth-order valence-electron chi connectivity index (χ4n) is 2.37. The van der Waals surface area contributed by atoms with Crippen LogP contribution >= 0.6 is 15.9 Å². The zero-order valence-electron chi connectivity index (χ0n) is 11.9. The first-order valence-corrected chi connectivity index (χ1v) is 6.86. The molecule has 0 atom stereocenters. The maximum atomic E-state index is 5.96. The maximum absolute atomic E-state index is 5.96. The zero-order chi connectivity index (χ0) is 14.2. The van der Waals surface area contributed by atoms with Crippen LogP contribution in [0.25, 0.3) is 0 Å². The van der Waals surface area contributed by atoms with E-state index in [0.29, 0.717) is 5.75 Å². The highest BCUT2D eigenvalue weighted by molar-refractivity contribution is 9.10. The van der Waals surface area contributed by atoms with E-state index in [4.69, 9.17) is 18.9 Å². The van der Waals surface area contributed by atoms with Gasteiger partial charge in [0.25, 0.3) is 0 Å². The van der Waals surface area contributed by atoms with Gasteiger partial charge in [0.1, 0.15) is 5.60 Å². The molecule has 0 amide bonds. The van der Waals surface area contributed by atoms with Crippen molar-refractivity contribution in [2.24, 2.45) is 0 Å². The number of fused-ring (bicyclic) bond motifs is 1. The van der Waals surface area contributed by atoms with Gasteiger partial charge in [-0.3, -0.25) is 0 Å². The number of ether oxygens (including phenoxy) is 4. The summed E-state index contributed by atoms with van der Waals surface area (Å²) in [5, 5.41) is 0. The molecular weight excluding hydrogens is 312 g/mol. The second-order valence-electron chi connectivity index (χ2n) is 5.13. The van der Waals surface area contributed by atoms with E-state index in [1.807, 2.05) is 6.07 Å². The Kier molecular flexibility index (Phi) is 4.08. The smallest absolute Gasteiger partial charge is 0.184 e. The van der Waals surface area contributed by atoms with Crippen molar-refractivity contribution in [3.63, 3.8) is 0 Å². The van der Waals surface area contributed by atoms with E-state index in [9.17, 15) is 0 Å². The van der Waals surface area contributed by atoms with Crippen LogP contribution in [0.3, 0.4) is 0 Å². The standard InChI is InChI=1S/C14H19BrO4/c1-14(2)7-9-11(15)8(13(17-4)18-5)6-10(16-3)12(9)19-14/h6,13H,7H2,1-5H3. The van der Waals surface area contributed by atoms with Gasteiger partial charge in [0.15, 0.2) is 17.8 Å². The van der Waals surface area contributed by atoms with Crippen molar-refractivity contribution in [1.29, 1.82) is 0 Å². The van der Waals surface area contributed by atoms with Crippen molar-refractivity contribution in [2.75, 3.05) is 21.3 Å². The SMILES string of the molecule is COc1cc(C(OC)OC)c(Br)c2c1OC(C)(C)C2. The number of hydrogen-bond donors (Lipinski definition) is 0. The second kappa shape index (κ2) is 5.31. The minimum atomic E-state index is -0.433. The van der Waals surface area contributed by atoms with Crippen LogP contribution in [-0.4, -0.2) is 26.9 Å². The lowest BCUT2D eigenvalue weighted by molar-refractivity contribution is -0.106. The van der Waals surface area contributed by atoms with Gasteiger partial charge in [-0.1, -0.05) is 0 Å². The maximum Gasteiger partial charge on any atom is 0.184 e. The monoisotopic (exact) mass is 330 g/mol. The summed E-state index contributed by atoms with van der Waals surface area (Å²) in [5.74, 6) is 1.51. The summed E-state index contributed by atoms with van der Waals surface area (Å²) < 4.78 is 23.0. The molecule has 0 N–H and O–H groups in total. The number of hydrogen-bond acceptors (Lipinski definition) is 4. The summed E-state index contributed by atoms with van der Waals surface area (Å²) in [7, 11) is 4.86. The molecular formula is C14H19BrO4. The van der Waals surface area contributed by atoms with Crippen LogP contribution in [-0.2, 0) is 15.9 Å². The Morgan fingerprint density at radius 3 is 2.42 bits per heavy atom. The summed E-state index contributed by atoms with van der Waals surface area (Å²) >= 11 is 3.63. The van der Waals surface area contributed by atoms with Crippen LogP contribution < -0.4 is 9.47 Å². The summed E-state index contributed by atoms with van der Waals surface area (Å²) in [6, 6.07) is 1.89. The van der Waals surface area contributed by atoms with Crippen molar-refractivity contribution in [3.05, 3.63) is 21.7 Å². The van der Waals surface area contributed by atoms with Gasteiger partial charge in [-0.25, -0.2) is 0 Å². The minimum Gasteiger partial charge on any atom is -0.493 e. The molecule has 1 aromatic rings. The highest BCUT2D eigenvalue weighted by Crippen LogP contribution is 2.48. The van der Waals surface area contributed by atoms with Crippen molar-refractivity contribution in [2.45, 2.75) is 32.2 Å². The molecule has 0 aliphatic carbocycles. The molecule has 0 bridgehead atoms. The van der Waals surface area contributed by atoms with E-state index in [0.717, 1.165) is 27.8 Å². The second-order valence-corrected chi connectivity index (χ2v) is 5.92. The fraction of sp³-hybridized carbons (Fsp3) is 0.571. The number of benzene rings is 1. The van der Waals surface area contributed by atoms with Gasteiger partial charge in [-0.05, 0) is 35.8 Å². The Balaban J connectivity index is 2.56. The fourth-order valence-corrected chi connectivity index (χ4v) is 3.00. The summed E-state index contributed by atoms with van der Waals surface area (Å²) in [5.41, 5.74) is 1.77.